The van der Waals surface area contributed by atoms with Crippen LogP contribution in [0.4, 0.5) is 0 Å². The Morgan fingerprint density at radius 2 is 1.18 bits per heavy atom. The lowest BCUT2D eigenvalue weighted by Gasteiger charge is -2.56. The Morgan fingerprint density at radius 1 is 0.750 bits per heavy atom. The monoisotopic (exact) mass is 378 g/mol. The lowest BCUT2D eigenvalue weighted by atomic mass is 9.49. The van der Waals surface area contributed by atoms with Gasteiger partial charge < -0.3 is 0 Å². The van der Waals surface area contributed by atoms with Crippen molar-refractivity contribution < 1.29 is 0 Å². The van der Waals surface area contributed by atoms with E-state index in [9.17, 15) is 0 Å². The highest BCUT2D eigenvalue weighted by atomic mass is 14.9. The Balaban J connectivity index is 1.27. The lowest BCUT2D eigenvalue weighted by molar-refractivity contribution is -0.00134. The molecule has 28 heavy (non-hydrogen) atoms. The van der Waals surface area contributed by atoms with Gasteiger partial charge in [0.15, 0.2) is 0 Å². The Bertz CT molecular complexity index is 686. The molecule has 0 aromatic carbocycles. The molecule has 6 unspecified atom stereocenters. The fraction of sp³-hybridized carbons (Fsp3) is 0.769. The van der Waals surface area contributed by atoms with Crippen molar-refractivity contribution in [1.29, 1.82) is 0 Å². The smallest absolute Gasteiger partial charge is 0.0723 e. The Hall–Kier alpha value is -1.18. The first kappa shape index (κ1) is 18.8. The summed E-state index contributed by atoms with van der Waals surface area (Å²) < 4.78 is 0. The Labute approximate surface area is 171 Å². The average molecular weight is 379 g/mol. The van der Waals surface area contributed by atoms with Crippen molar-refractivity contribution in [2.24, 2.45) is 44.5 Å². The van der Waals surface area contributed by atoms with E-state index in [0.717, 1.165) is 23.7 Å². The van der Waals surface area contributed by atoms with Gasteiger partial charge in [-0.3, -0.25) is 9.98 Å². The largest absolute Gasteiger partial charge is 0.287 e. The van der Waals surface area contributed by atoms with E-state index >= 15 is 0 Å². The number of hydrogen-bond acceptors (Lipinski definition) is 2. The van der Waals surface area contributed by atoms with Crippen molar-refractivity contribution in [1.82, 2.24) is 0 Å². The van der Waals surface area contributed by atoms with Gasteiger partial charge in [0.05, 0.1) is 12.1 Å². The van der Waals surface area contributed by atoms with Gasteiger partial charge in [0.2, 0.25) is 0 Å². The molecule has 0 heterocycles. The van der Waals surface area contributed by atoms with E-state index in [2.05, 4.69) is 52.3 Å². The molecule has 3 fully saturated rings. The van der Waals surface area contributed by atoms with Crippen LogP contribution in [0.5, 0.6) is 0 Å². The minimum atomic E-state index is 0.387. The molecule has 0 amide bonds. The maximum atomic E-state index is 5.12. The summed E-state index contributed by atoms with van der Waals surface area (Å²) in [6.07, 6.45) is 19.7. The second-order valence-electron chi connectivity index (χ2n) is 11.5. The molecule has 0 radical (unpaired) electrons. The summed E-state index contributed by atoms with van der Waals surface area (Å²) in [4.78, 5) is 10.2. The molecule has 4 bridgehead atoms. The third-order valence-corrected chi connectivity index (χ3v) is 9.55. The second kappa shape index (κ2) is 6.67. The van der Waals surface area contributed by atoms with Crippen LogP contribution in [0, 0.1) is 34.5 Å². The minimum Gasteiger partial charge on any atom is -0.287 e. The van der Waals surface area contributed by atoms with Gasteiger partial charge in [0, 0.05) is 12.4 Å². The fourth-order valence-electron chi connectivity index (χ4n) is 6.89. The highest BCUT2D eigenvalue weighted by Crippen LogP contribution is 2.59. The minimum absolute atomic E-state index is 0.387. The molecule has 0 aromatic rings. The maximum Gasteiger partial charge on any atom is 0.0723 e. The van der Waals surface area contributed by atoms with Crippen LogP contribution in [0.25, 0.3) is 0 Å². The molecule has 2 nitrogen and oxygen atoms in total. The van der Waals surface area contributed by atoms with Gasteiger partial charge in [0.1, 0.15) is 0 Å². The third-order valence-electron chi connectivity index (χ3n) is 9.55. The van der Waals surface area contributed by atoms with E-state index in [1.165, 1.54) is 62.5 Å². The number of hydrogen-bond donors (Lipinski definition) is 0. The topological polar surface area (TPSA) is 24.7 Å². The normalized spacial score (nSPS) is 43.3. The van der Waals surface area contributed by atoms with Gasteiger partial charge in [-0.15, -0.1) is 0 Å². The summed E-state index contributed by atoms with van der Waals surface area (Å²) in [7, 11) is 0. The molecular formula is C26H38N2. The first-order valence-electron chi connectivity index (χ1n) is 11.8. The molecule has 152 valence electrons. The van der Waals surface area contributed by atoms with Crippen LogP contribution in [0.2, 0.25) is 0 Å². The van der Waals surface area contributed by atoms with Crippen LogP contribution in [-0.4, -0.2) is 24.5 Å². The molecule has 7 rings (SSSR count). The second-order valence-corrected chi connectivity index (χ2v) is 11.5. The first-order valence-corrected chi connectivity index (χ1v) is 11.8. The van der Waals surface area contributed by atoms with Gasteiger partial charge in [-0.05, 0) is 84.2 Å². The Kier molecular flexibility index (Phi) is 4.49. The van der Waals surface area contributed by atoms with Gasteiger partial charge in [-0.2, -0.15) is 0 Å². The van der Waals surface area contributed by atoms with Crippen LogP contribution in [0.15, 0.2) is 33.3 Å². The SMILES string of the molecule is CC1(C)C2CC=C(C=NC3CCCCC3N=CC3=CCC4CC3C4(C)C)C1C2. The van der Waals surface area contributed by atoms with Gasteiger partial charge in [0.25, 0.3) is 0 Å². The fourth-order valence-corrected chi connectivity index (χ4v) is 6.89. The number of rotatable bonds is 4. The summed E-state index contributed by atoms with van der Waals surface area (Å²) in [6.45, 7) is 9.80. The highest BCUT2D eigenvalue weighted by Gasteiger charge is 2.51. The molecule has 2 heteroatoms. The van der Waals surface area contributed by atoms with Crippen LogP contribution >= 0.6 is 0 Å². The van der Waals surface area contributed by atoms with E-state index in [1.807, 2.05) is 0 Å². The summed E-state index contributed by atoms with van der Waals surface area (Å²) in [6, 6.07) is 0.774. The van der Waals surface area contributed by atoms with Crippen LogP contribution in [0.1, 0.15) is 79.1 Å². The number of allylic oxidation sites excluding steroid dienone is 4. The van der Waals surface area contributed by atoms with Crippen molar-refractivity contribution in [2.45, 2.75) is 91.1 Å². The lowest BCUT2D eigenvalue weighted by Crippen LogP contribution is -2.48. The van der Waals surface area contributed by atoms with Crippen molar-refractivity contribution in [3.8, 4) is 0 Å². The summed E-state index contributed by atoms with van der Waals surface area (Å²) >= 11 is 0. The zero-order valence-electron chi connectivity index (χ0n) is 18.3. The number of aliphatic imine (C=N–C) groups is 2. The molecule has 0 spiro atoms. The quantitative estimate of drug-likeness (QED) is 0.504. The predicted molar refractivity (Wildman–Crippen MR) is 119 cm³/mol. The van der Waals surface area contributed by atoms with Crippen molar-refractivity contribution in [3.63, 3.8) is 0 Å². The third kappa shape index (κ3) is 2.89. The number of nitrogens with zero attached hydrogens (tertiary/aromatic N) is 2. The zero-order valence-corrected chi connectivity index (χ0v) is 18.3. The van der Waals surface area contributed by atoms with Crippen LogP contribution < -0.4 is 0 Å². The van der Waals surface area contributed by atoms with Crippen molar-refractivity contribution in [3.05, 3.63) is 23.3 Å². The summed E-state index contributed by atoms with van der Waals surface area (Å²) in [5.41, 5.74) is 4.00. The average Bonchev–Trinajstić information content (AvgIpc) is 2.71. The molecule has 0 N–H and O–H groups in total. The summed E-state index contributed by atoms with van der Waals surface area (Å²) in [5, 5.41) is 0. The Morgan fingerprint density at radius 3 is 1.54 bits per heavy atom. The highest BCUT2D eigenvalue weighted by molar-refractivity contribution is 5.81. The molecule has 6 atom stereocenters. The first-order chi connectivity index (χ1) is 13.4. The zero-order chi connectivity index (χ0) is 19.5. The van der Waals surface area contributed by atoms with Crippen LogP contribution in [0.3, 0.4) is 0 Å². The van der Waals surface area contributed by atoms with E-state index in [1.54, 1.807) is 0 Å². The molecule has 7 aliphatic carbocycles. The van der Waals surface area contributed by atoms with E-state index in [0.29, 0.717) is 22.9 Å². The molecular weight excluding hydrogens is 340 g/mol. The van der Waals surface area contributed by atoms with Crippen molar-refractivity contribution in [2.75, 3.05) is 0 Å². The van der Waals surface area contributed by atoms with E-state index in [4.69, 9.17) is 9.98 Å². The number of fused-ring (bicyclic) bond motifs is 2. The predicted octanol–water partition coefficient (Wildman–Crippen LogP) is 6.42. The maximum absolute atomic E-state index is 5.12. The van der Waals surface area contributed by atoms with E-state index < -0.39 is 0 Å². The molecule has 3 saturated carbocycles. The molecule has 7 aliphatic rings. The molecule has 0 aromatic heterocycles. The van der Waals surface area contributed by atoms with Crippen molar-refractivity contribution >= 4 is 12.4 Å². The summed E-state index contributed by atoms with van der Waals surface area (Å²) in [5.74, 6) is 3.28. The standard InChI is InChI=1S/C26H38N2/c1-25(2)19-11-9-17(21(25)13-19)15-27-23-7-5-6-8-24(23)28-16-18-10-12-20-14-22(18)26(20,3)4/h9-10,15-16,19-24H,5-8,11-14H2,1-4H3. The van der Waals surface area contributed by atoms with Crippen LogP contribution in [-0.2, 0) is 0 Å². The van der Waals surface area contributed by atoms with Gasteiger partial charge >= 0.3 is 0 Å². The van der Waals surface area contributed by atoms with E-state index in [-0.39, 0.29) is 0 Å². The molecule has 0 aliphatic heterocycles. The van der Waals surface area contributed by atoms with Gasteiger partial charge in [-0.1, -0.05) is 52.7 Å². The molecule has 0 saturated heterocycles. The van der Waals surface area contributed by atoms with Gasteiger partial charge in [-0.25, -0.2) is 0 Å².